The smallest absolute Gasteiger partial charge is 0.282 e. The van der Waals surface area contributed by atoms with E-state index in [4.69, 9.17) is 16.2 Å². The highest BCUT2D eigenvalue weighted by Gasteiger charge is 2.14. The quantitative estimate of drug-likeness (QED) is 0.763. The third-order valence-electron chi connectivity index (χ3n) is 1.39. The van der Waals surface area contributed by atoms with Crippen LogP contribution >= 0.6 is 24.0 Å². The van der Waals surface area contributed by atoms with E-state index in [9.17, 15) is 8.42 Å². The van der Waals surface area contributed by atoms with Crippen LogP contribution in [0.25, 0.3) is 0 Å². The zero-order valence-corrected chi connectivity index (χ0v) is 8.95. The lowest BCUT2D eigenvalue weighted by molar-refractivity contribution is 0.482. The van der Waals surface area contributed by atoms with Crippen LogP contribution in [-0.4, -0.2) is 18.0 Å². The van der Waals surface area contributed by atoms with Gasteiger partial charge >= 0.3 is 0 Å². The van der Waals surface area contributed by atoms with Crippen LogP contribution in [-0.2, 0) is 10.1 Å². The Morgan fingerprint density at radius 1 is 1.46 bits per heavy atom. The Hall–Kier alpha value is -0.360. The van der Waals surface area contributed by atoms with Crippen molar-refractivity contribution in [2.45, 2.75) is 11.8 Å². The molecule has 7 heteroatoms. The van der Waals surface area contributed by atoms with Crippen LogP contribution in [0.15, 0.2) is 17.3 Å². The number of aromatic nitrogens is 1. The van der Waals surface area contributed by atoms with E-state index in [1.165, 1.54) is 13.1 Å². The molecule has 0 aliphatic rings. The van der Waals surface area contributed by atoms with Gasteiger partial charge < -0.3 is 0 Å². The Bertz CT molecular complexity index is 404. The topological polar surface area (TPSA) is 67.3 Å². The molecular weight excluding hydrogens is 237 g/mol. The van der Waals surface area contributed by atoms with Crippen LogP contribution in [0.3, 0.4) is 0 Å². The summed E-state index contributed by atoms with van der Waals surface area (Å²) in [6.07, 6.45) is 2.36. The van der Waals surface area contributed by atoms with Crippen LogP contribution in [0, 0.1) is 6.92 Å². The third kappa shape index (κ3) is 2.80. The van der Waals surface area contributed by atoms with Gasteiger partial charge in [-0.2, -0.15) is 8.42 Å². The van der Waals surface area contributed by atoms with Crippen LogP contribution in [0.5, 0.6) is 0 Å². The van der Waals surface area contributed by atoms with E-state index >= 15 is 0 Å². The minimum Gasteiger partial charge on any atom is -0.282 e. The zero-order chi connectivity index (χ0) is 9.35. The summed E-state index contributed by atoms with van der Waals surface area (Å²) in [6, 6.07) is 0. The van der Waals surface area contributed by atoms with Crippen molar-refractivity contribution in [3.8, 4) is 0 Å². The van der Waals surface area contributed by atoms with Crippen molar-refractivity contribution in [2.75, 3.05) is 0 Å². The molecule has 1 N–H and O–H groups in total. The zero-order valence-electron chi connectivity index (χ0n) is 6.56. The number of hydrogen-bond donors (Lipinski definition) is 1. The second-order valence-corrected chi connectivity index (χ2v) is 4.02. The molecule has 0 aromatic carbocycles. The van der Waals surface area contributed by atoms with Crippen molar-refractivity contribution < 1.29 is 13.0 Å². The minimum atomic E-state index is -4.20. The molecule has 74 valence electrons. The lowest BCUT2D eigenvalue weighted by atomic mass is 10.3. The van der Waals surface area contributed by atoms with Gasteiger partial charge in [0.25, 0.3) is 10.1 Å². The molecular formula is C6H7Cl2NO3S. The van der Waals surface area contributed by atoms with Crippen molar-refractivity contribution >= 4 is 34.1 Å². The third-order valence-corrected chi connectivity index (χ3v) is 2.73. The van der Waals surface area contributed by atoms with Crippen LogP contribution in [0.4, 0.5) is 0 Å². The highest BCUT2D eigenvalue weighted by Crippen LogP contribution is 2.20. The minimum absolute atomic E-state index is 0. The number of rotatable bonds is 1. The van der Waals surface area contributed by atoms with Gasteiger partial charge in [-0.15, -0.1) is 12.4 Å². The highest BCUT2D eigenvalue weighted by molar-refractivity contribution is 7.85. The second-order valence-electron chi connectivity index (χ2n) is 2.22. The first kappa shape index (κ1) is 12.6. The van der Waals surface area contributed by atoms with Crippen molar-refractivity contribution in [1.29, 1.82) is 0 Å². The van der Waals surface area contributed by atoms with Crippen LogP contribution in [0.1, 0.15) is 5.56 Å². The van der Waals surface area contributed by atoms with E-state index in [0.29, 0.717) is 5.56 Å². The number of nitrogens with zero attached hydrogens (tertiary/aromatic N) is 1. The first-order chi connectivity index (χ1) is 5.43. The standard InChI is InChI=1S/C6H6ClNO3S.ClH/c1-4-5(7)2-8-3-6(4)12(9,10)11;/h2-3H,1H3,(H,9,10,11);1H. The fourth-order valence-electron chi connectivity index (χ4n) is 0.742. The van der Waals surface area contributed by atoms with Gasteiger partial charge in [-0.25, -0.2) is 0 Å². The molecule has 0 fully saturated rings. The number of halogens is 2. The van der Waals surface area contributed by atoms with Gasteiger partial charge in [-0.05, 0) is 12.5 Å². The summed E-state index contributed by atoms with van der Waals surface area (Å²) in [5.41, 5.74) is 0.300. The maximum Gasteiger partial charge on any atom is 0.296 e. The van der Waals surface area contributed by atoms with Gasteiger partial charge in [-0.3, -0.25) is 9.54 Å². The molecule has 0 spiro atoms. The summed E-state index contributed by atoms with van der Waals surface area (Å²) in [4.78, 5) is 3.29. The number of hydrogen-bond acceptors (Lipinski definition) is 3. The van der Waals surface area contributed by atoms with E-state index < -0.39 is 10.1 Å². The fourth-order valence-corrected chi connectivity index (χ4v) is 1.65. The molecule has 0 amide bonds. The normalized spacial score (nSPS) is 10.7. The van der Waals surface area contributed by atoms with E-state index in [1.54, 1.807) is 0 Å². The maximum atomic E-state index is 10.7. The van der Waals surface area contributed by atoms with Gasteiger partial charge in [0.1, 0.15) is 4.90 Å². The predicted molar refractivity (Wildman–Crippen MR) is 51.0 cm³/mol. The number of pyridine rings is 1. The highest BCUT2D eigenvalue weighted by atomic mass is 35.5. The Balaban J connectivity index is 0.00000144. The largest absolute Gasteiger partial charge is 0.296 e. The van der Waals surface area contributed by atoms with E-state index in [1.807, 2.05) is 0 Å². The van der Waals surface area contributed by atoms with Gasteiger partial charge in [0.2, 0.25) is 0 Å². The first-order valence-corrected chi connectivity index (χ1v) is 4.82. The molecule has 4 nitrogen and oxygen atoms in total. The molecule has 0 radical (unpaired) electrons. The Morgan fingerprint density at radius 3 is 2.38 bits per heavy atom. The first-order valence-electron chi connectivity index (χ1n) is 3.00. The Labute approximate surface area is 87.1 Å². The molecule has 13 heavy (non-hydrogen) atoms. The van der Waals surface area contributed by atoms with Crippen LogP contribution in [0.2, 0.25) is 5.02 Å². The van der Waals surface area contributed by atoms with E-state index in [-0.39, 0.29) is 22.3 Å². The molecule has 0 atom stereocenters. The second kappa shape index (κ2) is 4.23. The van der Waals surface area contributed by atoms with Gasteiger partial charge in [0.05, 0.1) is 5.02 Å². The van der Waals surface area contributed by atoms with Crippen molar-refractivity contribution in [1.82, 2.24) is 4.98 Å². The summed E-state index contributed by atoms with van der Waals surface area (Å²) in [5, 5.41) is 0.213. The van der Waals surface area contributed by atoms with Gasteiger partial charge in [-0.1, -0.05) is 11.6 Å². The summed E-state index contributed by atoms with van der Waals surface area (Å²) >= 11 is 5.58. The SMILES string of the molecule is Cc1c(Cl)cncc1S(=O)(=O)O.Cl. The molecule has 0 aliphatic heterocycles. The molecule has 0 bridgehead atoms. The maximum absolute atomic E-state index is 10.7. The molecule has 0 aliphatic carbocycles. The lowest BCUT2D eigenvalue weighted by Crippen LogP contribution is -2.01. The van der Waals surface area contributed by atoms with Crippen molar-refractivity contribution in [3.05, 3.63) is 23.0 Å². The summed E-state index contributed by atoms with van der Waals surface area (Å²) in [5.74, 6) is 0. The fraction of sp³-hybridized carbons (Fsp3) is 0.167. The predicted octanol–water partition coefficient (Wildman–Crippen LogP) is 1.71. The Kier molecular flexibility index (Phi) is 4.12. The molecule has 0 unspecified atom stereocenters. The summed E-state index contributed by atoms with van der Waals surface area (Å²) in [6.45, 7) is 1.49. The van der Waals surface area contributed by atoms with Crippen molar-refractivity contribution in [2.24, 2.45) is 0 Å². The molecule has 0 saturated carbocycles. The van der Waals surface area contributed by atoms with Crippen molar-refractivity contribution in [3.63, 3.8) is 0 Å². The van der Waals surface area contributed by atoms with E-state index in [0.717, 1.165) is 6.20 Å². The average Bonchev–Trinajstić information content (AvgIpc) is 1.92. The monoisotopic (exact) mass is 243 g/mol. The Morgan fingerprint density at radius 2 is 2.00 bits per heavy atom. The molecule has 1 rings (SSSR count). The summed E-state index contributed by atoms with van der Waals surface area (Å²) in [7, 11) is -4.20. The van der Waals surface area contributed by atoms with Gasteiger partial charge in [0.15, 0.2) is 0 Å². The average molecular weight is 244 g/mol. The molecule has 1 aromatic rings. The summed E-state index contributed by atoms with van der Waals surface area (Å²) < 4.78 is 30.0. The molecule has 0 saturated heterocycles. The molecule has 1 heterocycles. The van der Waals surface area contributed by atoms with Gasteiger partial charge in [0, 0.05) is 12.4 Å². The molecule has 1 aromatic heterocycles. The van der Waals surface area contributed by atoms with Crippen LogP contribution < -0.4 is 0 Å². The lowest BCUT2D eigenvalue weighted by Gasteiger charge is -2.01. The van der Waals surface area contributed by atoms with E-state index in [2.05, 4.69) is 4.98 Å².